The number of amides is 1. The number of aliphatic hydroxyl groups is 2. The minimum absolute atomic E-state index is 0.0423. The highest BCUT2D eigenvalue weighted by Crippen LogP contribution is 2.55. The Hall–Kier alpha value is -2.15. The molecule has 29 heavy (non-hydrogen) atoms. The average Bonchev–Trinajstić information content (AvgIpc) is 2.97. The number of ether oxygens (including phenoxy) is 1. The first kappa shape index (κ1) is 20.1. The highest BCUT2D eigenvalue weighted by molar-refractivity contribution is 5.99. The van der Waals surface area contributed by atoms with Crippen molar-refractivity contribution in [1.82, 2.24) is 0 Å². The zero-order valence-corrected chi connectivity index (χ0v) is 15.8. The molecular formula is C20H21F3N2O4. The number of halogens is 3. The number of carbonyl (C=O) groups excluding carboxylic acids is 1. The minimum atomic E-state index is -4.76. The number of hydrogen-bond acceptors (Lipinski definition) is 5. The summed E-state index contributed by atoms with van der Waals surface area (Å²) in [6, 6.07) is 4.61. The lowest BCUT2D eigenvalue weighted by molar-refractivity contribution is -0.199. The molecule has 7 atom stereocenters. The third-order valence-corrected chi connectivity index (χ3v) is 6.92. The van der Waals surface area contributed by atoms with Crippen LogP contribution in [0.15, 0.2) is 18.2 Å². The van der Waals surface area contributed by atoms with Crippen LogP contribution in [-0.4, -0.2) is 40.7 Å². The van der Waals surface area contributed by atoms with Crippen molar-refractivity contribution in [2.24, 2.45) is 23.7 Å². The minimum Gasteiger partial charge on any atom is -0.392 e. The second kappa shape index (κ2) is 6.42. The van der Waals surface area contributed by atoms with E-state index in [9.17, 15) is 28.2 Å². The second-order valence-electron chi connectivity index (χ2n) is 8.32. The third-order valence-electron chi connectivity index (χ3n) is 6.92. The Morgan fingerprint density at radius 3 is 2.69 bits per heavy atom. The predicted octanol–water partition coefficient (Wildman–Crippen LogP) is 2.28. The summed E-state index contributed by atoms with van der Waals surface area (Å²) in [7, 11) is 0. The van der Waals surface area contributed by atoms with Crippen LogP contribution < -0.4 is 4.90 Å². The molecule has 0 aromatic heterocycles. The number of anilines is 1. The van der Waals surface area contributed by atoms with E-state index >= 15 is 0 Å². The van der Waals surface area contributed by atoms with Gasteiger partial charge < -0.3 is 14.9 Å². The van der Waals surface area contributed by atoms with E-state index in [2.05, 4.69) is 0 Å². The summed E-state index contributed by atoms with van der Waals surface area (Å²) < 4.78 is 46.0. The molecule has 0 radical (unpaired) electrons. The van der Waals surface area contributed by atoms with Crippen molar-refractivity contribution in [3.8, 4) is 6.07 Å². The largest absolute Gasteiger partial charge is 0.417 e. The summed E-state index contributed by atoms with van der Waals surface area (Å²) in [6.07, 6.45) is -5.99. The van der Waals surface area contributed by atoms with Gasteiger partial charge in [-0.05, 0) is 37.5 Å². The van der Waals surface area contributed by atoms with E-state index in [0.29, 0.717) is 6.42 Å². The first-order chi connectivity index (χ1) is 13.5. The Balaban J connectivity index is 1.83. The van der Waals surface area contributed by atoms with Gasteiger partial charge in [0.15, 0.2) is 0 Å². The zero-order valence-electron chi connectivity index (χ0n) is 15.8. The van der Waals surface area contributed by atoms with Crippen LogP contribution in [0.4, 0.5) is 18.9 Å². The van der Waals surface area contributed by atoms with Crippen molar-refractivity contribution in [2.75, 3.05) is 11.5 Å². The number of aliphatic hydroxyl groups excluding tert-OH is 1. The number of rotatable bonds is 1. The third kappa shape index (κ3) is 2.77. The van der Waals surface area contributed by atoms with Crippen molar-refractivity contribution in [2.45, 2.75) is 44.4 Å². The maximum Gasteiger partial charge on any atom is 0.417 e. The molecule has 3 aliphatic rings. The van der Waals surface area contributed by atoms with E-state index in [1.54, 1.807) is 6.92 Å². The van der Waals surface area contributed by atoms with Crippen LogP contribution in [0.5, 0.6) is 0 Å². The lowest BCUT2D eigenvalue weighted by Crippen LogP contribution is -2.61. The molecule has 0 spiro atoms. The molecule has 2 saturated heterocycles. The first-order valence-corrected chi connectivity index (χ1v) is 9.46. The highest BCUT2D eigenvalue weighted by Gasteiger charge is 2.66. The van der Waals surface area contributed by atoms with Crippen LogP contribution in [-0.2, 0) is 15.7 Å². The second-order valence-corrected chi connectivity index (χ2v) is 8.32. The molecule has 9 heteroatoms. The van der Waals surface area contributed by atoms with E-state index in [0.717, 1.165) is 17.0 Å². The Labute approximate surface area is 165 Å². The molecule has 4 rings (SSSR count). The zero-order chi connectivity index (χ0) is 21.3. The SMILES string of the molecule is C[C@@H]1[C@H](O)C2CCO[C@H]3C2C(C(=O)N3c2ccc(C#N)c(C(F)(F)F)c2)[C@]1(C)O. The number of carbonyl (C=O) groups is 1. The van der Waals surface area contributed by atoms with Gasteiger partial charge in [-0.3, -0.25) is 9.69 Å². The lowest BCUT2D eigenvalue weighted by Gasteiger charge is -2.51. The summed E-state index contributed by atoms with van der Waals surface area (Å²) in [4.78, 5) is 14.5. The molecule has 3 fully saturated rings. The maximum atomic E-state index is 13.4. The van der Waals surface area contributed by atoms with E-state index in [-0.39, 0.29) is 18.2 Å². The molecule has 2 heterocycles. The fourth-order valence-corrected chi connectivity index (χ4v) is 5.26. The summed E-state index contributed by atoms with van der Waals surface area (Å²) in [5.41, 5.74) is -3.25. The van der Waals surface area contributed by atoms with Crippen molar-refractivity contribution in [1.29, 1.82) is 5.26 Å². The molecule has 156 valence electrons. The number of benzene rings is 1. The summed E-state index contributed by atoms with van der Waals surface area (Å²) in [5, 5.41) is 30.8. The van der Waals surface area contributed by atoms with Gasteiger partial charge in [0, 0.05) is 24.1 Å². The van der Waals surface area contributed by atoms with Gasteiger partial charge in [-0.15, -0.1) is 0 Å². The Bertz CT molecular complexity index is 895. The Morgan fingerprint density at radius 1 is 1.38 bits per heavy atom. The molecule has 6 nitrogen and oxygen atoms in total. The molecule has 3 unspecified atom stereocenters. The predicted molar refractivity (Wildman–Crippen MR) is 94.3 cm³/mol. The van der Waals surface area contributed by atoms with Gasteiger partial charge in [0.25, 0.3) is 0 Å². The molecule has 1 amide bonds. The number of nitrogens with zero attached hydrogens (tertiary/aromatic N) is 2. The standard InChI is InChI=1S/C20H21F3N2O4/c1-9-16(26)12-5-6-29-18-14(12)15(19(9,2)28)17(27)25(18)11-4-3-10(8-24)13(7-11)20(21,22)23/h3-4,7,9,12,14-16,18,26,28H,5-6H2,1-2H3/t9-,12?,14?,15?,16+,18+,19-/m1/s1. The monoisotopic (exact) mass is 410 g/mol. The average molecular weight is 410 g/mol. The topological polar surface area (TPSA) is 93.8 Å². The molecule has 0 bridgehead atoms. The van der Waals surface area contributed by atoms with Gasteiger partial charge in [-0.1, -0.05) is 6.92 Å². The Kier molecular flexibility index (Phi) is 4.46. The van der Waals surface area contributed by atoms with Crippen LogP contribution in [0.3, 0.4) is 0 Å². The number of hydrogen-bond donors (Lipinski definition) is 2. The van der Waals surface area contributed by atoms with Gasteiger partial charge in [0.05, 0.1) is 34.8 Å². The summed E-state index contributed by atoms with van der Waals surface area (Å²) >= 11 is 0. The normalized spacial score (nSPS) is 39.2. The molecule has 1 aliphatic carbocycles. The Morgan fingerprint density at radius 2 is 2.07 bits per heavy atom. The molecule has 1 aromatic carbocycles. The highest BCUT2D eigenvalue weighted by atomic mass is 19.4. The molecule has 1 saturated carbocycles. The van der Waals surface area contributed by atoms with Crippen LogP contribution >= 0.6 is 0 Å². The van der Waals surface area contributed by atoms with Crippen LogP contribution in [0.1, 0.15) is 31.4 Å². The van der Waals surface area contributed by atoms with Crippen molar-refractivity contribution >= 4 is 11.6 Å². The van der Waals surface area contributed by atoms with Gasteiger partial charge in [0.1, 0.15) is 6.23 Å². The summed E-state index contributed by atoms with van der Waals surface area (Å²) in [5.74, 6) is -2.86. The van der Waals surface area contributed by atoms with Crippen LogP contribution in [0, 0.1) is 35.0 Å². The summed E-state index contributed by atoms with van der Waals surface area (Å²) in [6.45, 7) is 3.40. The van der Waals surface area contributed by atoms with Crippen molar-refractivity contribution < 1.29 is 32.9 Å². The fourth-order valence-electron chi connectivity index (χ4n) is 5.26. The van der Waals surface area contributed by atoms with E-state index < -0.39 is 58.9 Å². The number of nitriles is 1. The van der Waals surface area contributed by atoms with E-state index in [1.807, 2.05) is 0 Å². The quantitative estimate of drug-likeness (QED) is 0.741. The van der Waals surface area contributed by atoms with Gasteiger partial charge in [-0.25, -0.2) is 0 Å². The van der Waals surface area contributed by atoms with E-state index in [1.165, 1.54) is 19.1 Å². The van der Waals surface area contributed by atoms with Crippen molar-refractivity contribution in [3.05, 3.63) is 29.3 Å². The van der Waals surface area contributed by atoms with E-state index in [4.69, 9.17) is 10.00 Å². The molecule has 2 aliphatic heterocycles. The van der Waals surface area contributed by atoms with Crippen LogP contribution in [0.2, 0.25) is 0 Å². The molecule has 1 aromatic rings. The first-order valence-electron chi connectivity index (χ1n) is 9.46. The van der Waals surface area contributed by atoms with Gasteiger partial charge in [0.2, 0.25) is 5.91 Å². The number of alkyl halides is 3. The van der Waals surface area contributed by atoms with Gasteiger partial charge >= 0.3 is 6.18 Å². The molecular weight excluding hydrogens is 389 g/mol. The van der Waals surface area contributed by atoms with Gasteiger partial charge in [-0.2, -0.15) is 18.4 Å². The maximum absolute atomic E-state index is 13.4. The molecule has 2 N–H and O–H groups in total. The smallest absolute Gasteiger partial charge is 0.392 e. The van der Waals surface area contributed by atoms with Crippen molar-refractivity contribution in [3.63, 3.8) is 0 Å². The lowest BCUT2D eigenvalue weighted by atomic mass is 9.58. The fraction of sp³-hybridized carbons (Fsp3) is 0.600. The van der Waals surface area contributed by atoms with Crippen LogP contribution in [0.25, 0.3) is 0 Å².